The average molecular weight is 384 g/mol. The Morgan fingerprint density at radius 2 is 1.96 bits per heavy atom. The van der Waals surface area contributed by atoms with Crippen molar-refractivity contribution in [3.05, 3.63) is 59.2 Å². The molecule has 142 valence electrons. The third kappa shape index (κ3) is 4.70. The maximum Gasteiger partial charge on any atom is 0.251 e. The van der Waals surface area contributed by atoms with Crippen LogP contribution in [0.15, 0.2) is 47.4 Å². The lowest BCUT2D eigenvalue weighted by molar-refractivity contribution is -0.113. The Morgan fingerprint density at radius 1 is 1.22 bits per heavy atom. The molecule has 2 amide bonds. The highest BCUT2D eigenvalue weighted by atomic mass is 32.2. The van der Waals surface area contributed by atoms with Crippen molar-refractivity contribution < 1.29 is 9.59 Å². The van der Waals surface area contributed by atoms with Crippen molar-refractivity contribution in [2.24, 2.45) is 0 Å². The number of hydrogen-bond acceptors (Lipinski definition) is 4. The molecule has 0 saturated heterocycles. The second-order valence-corrected chi connectivity index (χ2v) is 7.85. The molecule has 1 aliphatic heterocycles. The Kier molecular flexibility index (Phi) is 6.19. The number of fused-ring (bicyclic) bond motifs is 1. The molecule has 1 heterocycles. The smallest absolute Gasteiger partial charge is 0.251 e. The number of benzene rings is 2. The molecule has 1 atom stereocenters. The second-order valence-electron chi connectivity index (χ2n) is 6.83. The summed E-state index contributed by atoms with van der Waals surface area (Å²) >= 11 is 1.49. The predicted octanol–water partition coefficient (Wildman–Crippen LogP) is 3.33. The molecular formula is C21H25N3O2S. The lowest BCUT2D eigenvalue weighted by atomic mass is 10.0. The van der Waals surface area contributed by atoms with Gasteiger partial charge in [-0.3, -0.25) is 9.59 Å². The van der Waals surface area contributed by atoms with E-state index in [2.05, 4.69) is 46.7 Å². The number of anilines is 1. The van der Waals surface area contributed by atoms with Crippen molar-refractivity contribution >= 4 is 29.3 Å². The molecule has 3 rings (SSSR count). The molecule has 0 aromatic heterocycles. The van der Waals surface area contributed by atoms with Crippen LogP contribution in [0.3, 0.4) is 0 Å². The van der Waals surface area contributed by atoms with Crippen LogP contribution >= 0.6 is 11.8 Å². The van der Waals surface area contributed by atoms with Crippen molar-refractivity contribution in [2.75, 3.05) is 31.7 Å². The molecule has 0 bridgehead atoms. The van der Waals surface area contributed by atoms with Crippen molar-refractivity contribution in [1.29, 1.82) is 0 Å². The minimum atomic E-state index is -0.139. The molecule has 1 aliphatic rings. The minimum Gasteiger partial charge on any atom is -0.350 e. The zero-order chi connectivity index (χ0) is 19.4. The Morgan fingerprint density at radius 3 is 2.63 bits per heavy atom. The topological polar surface area (TPSA) is 61.4 Å². The van der Waals surface area contributed by atoms with Crippen molar-refractivity contribution in [1.82, 2.24) is 10.2 Å². The van der Waals surface area contributed by atoms with Crippen LogP contribution in [-0.4, -0.2) is 43.1 Å². The first kappa shape index (κ1) is 19.5. The number of nitrogens with one attached hydrogen (secondary N) is 2. The molecule has 6 heteroatoms. The van der Waals surface area contributed by atoms with Crippen molar-refractivity contribution in [3.63, 3.8) is 0 Å². The SMILES string of the molecule is CCc1ccc([C@@H](CNC(=O)c2ccc3c(c2)NC(=O)CS3)N(C)C)cc1. The predicted molar refractivity (Wildman–Crippen MR) is 110 cm³/mol. The summed E-state index contributed by atoms with van der Waals surface area (Å²) < 4.78 is 0. The van der Waals surface area contributed by atoms with Crippen LogP contribution in [0.5, 0.6) is 0 Å². The Hall–Kier alpha value is -2.31. The van der Waals surface area contributed by atoms with Crippen LogP contribution in [0, 0.1) is 0 Å². The lowest BCUT2D eigenvalue weighted by Gasteiger charge is -2.25. The highest BCUT2D eigenvalue weighted by Crippen LogP contribution is 2.32. The van der Waals surface area contributed by atoms with Crippen LogP contribution in [-0.2, 0) is 11.2 Å². The number of rotatable bonds is 6. The zero-order valence-corrected chi connectivity index (χ0v) is 16.7. The summed E-state index contributed by atoms with van der Waals surface area (Å²) in [6.07, 6.45) is 1.01. The van der Waals surface area contributed by atoms with Crippen molar-refractivity contribution in [3.8, 4) is 0 Å². The summed E-state index contributed by atoms with van der Waals surface area (Å²) in [5.74, 6) is 0.243. The maximum atomic E-state index is 12.6. The normalized spacial score (nSPS) is 14.4. The van der Waals surface area contributed by atoms with E-state index in [1.54, 1.807) is 12.1 Å². The van der Waals surface area contributed by atoms with Crippen LogP contribution in [0.2, 0.25) is 0 Å². The Labute approximate surface area is 164 Å². The van der Waals surface area contributed by atoms with Gasteiger partial charge >= 0.3 is 0 Å². The number of amides is 2. The van der Waals surface area contributed by atoms with E-state index in [-0.39, 0.29) is 17.9 Å². The van der Waals surface area contributed by atoms with Gasteiger partial charge in [-0.15, -0.1) is 11.8 Å². The third-order valence-electron chi connectivity index (χ3n) is 4.73. The molecule has 0 radical (unpaired) electrons. The first-order chi connectivity index (χ1) is 13.0. The van der Waals surface area contributed by atoms with Gasteiger partial charge in [0, 0.05) is 17.0 Å². The van der Waals surface area contributed by atoms with Gasteiger partial charge in [-0.1, -0.05) is 31.2 Å². The molecule has 2 aromatic rings. The molecule has 0 aliphatic carbocycles. The van der Waals surface area contributed by atoms with Crippen LogP contribution in [0.1, 0.15) is 34.5 Å². The van der Waals surface area contributed by atoms with E-state index in [9.17, 15) is 9.59 Å². The Bertz CT molecular complexity index is 834. The summed E-state index contributed by atoms with van der Waals surface area (Å²) in [5, 5.41) is 5.85. The van der Waals surface area contributed by atoms with E-state index < -0.39 is 0 Å². The number of nitrogens with zero attached hydrogens (tertiary/aromatic N) is 1. The van der Waals surface area contributed by atoms with E-state index in [0.717, 1.165) is 11.3 Å². The molecular weight excluding hydrogens is 358 g/mol. The summed E-state index contributed by atoms with van der Waals surface area (Å²) in [7, 11) is 4.02. The fourth-order valence-corrected chi connectivity index (χ4v) is 3.88. The van der Waals surface area contributed by atoms with Gasteiger partial charge in [-0.2, -0.15) is 0 Å². The largest absolute Gasteiger partial charge is 0.350 e. The first-order valence-electron chi connectivity index (χ1n) is 9.08. The average Bonchev–Trinajstić information content (AvgIpc) is 2.67. The highest BCUT2D eigenvalue weighted by Gasteiger charge is 2.19. The van der Waals surface area contributed by atoms with Crippen LogP contribution in [0.4, 0.5) is 5.69 Å². The third-order valence-corrected chi connectivity index (χ3v) is 5.80. The molecule has 0 saturated carbocycles. The van der Waals surface area contributed by atoms with Gasteiger partial charge in [-0.25, -0.2) is 0 Å². The number of hydrogen-bond donors (Lipinski definition) is 2. The summed E-state index contributed by atoms with van der Waals surface area (Å²) in [6, 6.07) is 14.1. The number of carbonyl (C=O) groups is 2. The van der Waals surface area contributed by atoms with Gasteiger partial charge < -0.3 is 15.5 Å². The first-order valence-corrected chi connectivity index (χ1v) is 10.1. The molecule has 27 heavy (non-hydrogen) atoms. The van der Waals surface area contributed by atoms with Crippen LogP contribution < -0.4 is 10.6 Å². The second kappa shape index (κ2) is 8.59. The van der Waals surface area contributed by atoms with Gasteiger partial charge in [0.1, 0.15) is 0 Å². The molecule has 2 N–H and O–H groups in total. The lowest BCUT2D eigenvalue weighted by Crippen LogP contribution is -2.34. The molecule has 5 nitrogen and oxygen atoms in total. The van der Waals surface area contributed by atoms with Gasteiger partial charge in [0.2, 0.25) is 5.91 Å². The standard InChI is InChI=1S/C21H25N3O2S/c1-4-14-5-7-15(8-6-14)18(24(2)3)12-22-21(26)16-9-10-19-17(11-16)23-20(25)13-27-19/h5-11,18H,4,12-13H2,1-3H3,(H,22,26)(H,23,25)/t18-/m1/s1. The number of thioether (sulfide) groups is 1. The van der Waals surface area contributed by atoms with Gasteiger partial charge in [-0.05, 0) is 49.8 Å². The fraction of sp³-hybridized carbons (Fsp3) is 0.333. The van der Waals surface area contributed by atoms with E-state index in [4.69, 9.17) is 0 Å². The van der Waals surface area contributed by atoms with E-state index in [1.165, 1.54) is 22.9 Å². The Balaban J connectivity index is 1.69. The molecule has 0 unspecified atom stereocenters. The molecule has 0 spiro atoms. The quantitative estimate of drug-likeness (QED) is 0.803. The molecule has 2 aromatic carbocycles. The monoisotopic (exact) mass is 383 g/mol. The minimum absolute atomic E-state index is 0.0340. The fourth-order valence-electron chi connectivity index (χ4n) is 3.09. The van der Waals surface area contributed by atoms with Crippen LogP contribution in [0.25, 0.3) is 0 Å². The summed E-state index contributed by atoms with van der Waals surface area (Å²) in [4.78, 5) is 27.3. The van der Waals surface area contributed by atoms with E-state index in [1.807, 2.05) is 20.2 Å². The maximum absolute atomic E-state index is 12.6. The van der Waals surface area contributed by atoms with Crippen molar-refractivity contribution in [2.45, 2.75) is 24.3 Å². The number of aryl methyl sites for hydroxylation is 1. The van der Waals surface area contributed by atoms with Gasteiger partial charge in [0.25, 0.3) is 5.91 Å². The summed E-state index contributed by atoms with van der Waals surface area (Å²) in [6.45, 7) is 2.65. The number of carbonyl (C=O) groups excluding carboxylic acids is 2. The van der Waals surface area contributed by atoms with Gasteiger partial charge in [0.05, 0.1) is 17.5 Å². The highest BCUT2D eigenvalue weighted by molar-refractivity contribution is 8.00. The zero-order valence-electron chi connectivity index (χ0n) is 15.9. The molecule has 0 fully saturated rings. The van der Waals surface area contributed by atoms with Gasteiger partial charge in [0.15, 0.2) is 0 Å². The number of likely N-dealkylation sites (N-methyl/N-ethyl adjacent to an activating group) is 1. The summed E-state index contributed by atoms with van der Waals surface area (Å²) in [5.41, 5.74) is 3.74. The van der Waals surface area contributed by atoms with E-state index in [0.29, 0.717) is 23.5 Å². The van der Waals surface area contributed by atoms with E-state index >= 15 is 0 Å².